The zero-order valence-electron chi connectivity index (χ0n) is 26.0. The van der Waals surface area contributed by atoms with E-state index in [4.69, 9.17) is 0 Å². The predicted molar refractivity (Wildman–Crippen MR) is 163 cm³/mol. The van der Waals surface area contributed by atoms with Gasteiger partial charge in [-0.05, 0) is 114 Å². The highest BCUT2D eigenvalue weighted by Gasteiger charge is 2.51. The molecule has 2 aliphatic carbocycles. The Morgan fingerprint density at radius 1 is 1.09 bits per heavy atom. The van der Waals surface area contributed by atoms with Gasteiger partial charge in [0.25, 0.3) is 0 Å². The summed E-state index contributed by atoms with van der Waals surface area (Å²) in [6, 6.07) is 5.32. The first kappa shape index (κ1) is 33.6. The highest BCUT2D eigenvalue weighted by Crippen LogP contribution is 2.53. The lowest BCUT2D eigenvalue weighted by atomic mass is 9.63. The van der Waals surface area contributed by atoms with Crippen LogP contribution < -0.4 is 5.32 Å². The molecule has 43 heavy (non-hydrogen) atoms. The first-order chi connectivity index (χ1) is 20.2. The van der Waals surface area contributed by atoms with Gasteiger partial charge in [0.05, 0.1) is 27.5 Å². The quantitative estimate of drug-likeness (QED) is 0.346. The fourth-order valence-corrected chi connectivity index (χ4v) is 8.78. The minimum absolute atomic E-state index is 0.0292. The molecule has 1 spiro atoms. The van der Waals surface area contributed by atoms with Gasteiger partial charge < -0.3 is 15.3 Å². The number of hydrogen-bond donors (Lipinski definition) is 2. The lowest BCUT2D eigenvalue weighted by Gasteiger charge is -2.52. The number of anilines is 2. The molecule has 0 atom stereocenters. The first-order valence-electron chi connectivity index (χ1n) is 15.7. The van der Waals surface area contributed by atoms with E-state index in [1.807, 2.05) is 0 Å². The Hall–Kier alpha value is -2.24. The van der Waals surface area contributed by atoms with Crippen molar-refractivity contribution in [2.45, 2.75) is 127 Å². The summed E-state index contributed by atoms with van der Waals surface area (Å²) in [4.78, 5) is 10.9. The topological polar surface area (TPSA) is 95.4 Å². The summed E-state index contributed by atoms with van der Waals surface area (Å²) in [7, 11) is -3.49. The molecule has 0 radical (unpaired) electrons. The molecule has 0 amide bonds. The van der Waals surface area contributed by atoms with Crippen molar-refractivity contribution in [3.8, 4) is 0 Å². The van der Waals surface area contributed by atoms with Crippen molar-refractivity contribution in [3.05, 3.63) is 41.2 Å². The van der Waals surface area contributed by atoms with Crippen molar-refractivity contribution < 1.29 is 26.7 Å². The Labute approximate surface area is 254 Å². The van der Waals surface area contributed by atoms with Crippen LogP contribution >= 0.6 is 0 Å². The molecule has 3 fully saturated rings. The molecule has 2 N–H and O–H groups in total. The summed E-state index contributed by atoms with van der Waals surface area (Å²) in [5, 5.41) is 12.4. The second kappa shape index (κ2) is 13.4. The SMILES string of the molecule is CCC.Cc1cc(S(=O)(=O)C2CC3(CCN(C(C)C)CC3)C2)ccc1Nc1ncc(C(F)(F)F)c(C2CCC(O)CC2)n1. The number of piperidine rings is 1. The van der Waals surface area contributed by atoms with Gasteiger partial charge in [0.15, 0.2) is 9.84 Å². The molecule has 11 heteroatoms. The van der Waals surface area contributed by atoms with Crippen LogP contribution in [-0.2, 0) is 16.0 Å². The highest BCUT2D eigenvalue weighted by atomic mass is 32.2. The minimum Gasteiger partial charge on any atom is -0.393 e. The summed E-state index contributed by atoms with van der Waals surface area (Å²) in [6.45, 7) is 12.4. The van der Waals surface area contributed by atoms with Crippen LogP contribution in [0.1, 0.15) is 108 Å². The van der Waals surface area contributed by atoms with E-state index in [0.29, 0.717) is 55.8 Å². The maximum absolute atomic E-state index is 13.7. The number of rotatable bonds is 6. The summed E-state index contributed by atoms with van der Waals surface area (Å²) >= 11 is 0. The Balaban J connectivity index is 0.00000135. The Morgan fingerprint density at radius 3 is 2.23 bits per heavy atom. The number of nitrogens with one attached hydrogen (secondary N) is 1. The predicted octanol–water partition coefficient (Wildman–Crippen LogP) is 7.41. The third-order valence-electron chi connectivity index (χ3n) is 9.33. The molecule has 3 aliphatic rings. The number of alkyl halides is 3. The van der Waals surface area contributed by atoms with E-state index in [-0.39, 0.29) is 27.2 Å². The van der Waals surface area contributed by atoms with Crippen LogP contribution in [0.4, 0.5) is 24.8 Å². The van der Waals surface area contributed by atoms with Gasteiger partial charge in [-0.3, -0.25) is 0 Å². The fraction of sp³-hybridized carbons (Fsp3) is 0.688. The van der Waals surface area contributed by atoms with Crippen LogP contribution in [0.25, 0.3) is 0 Å². The van der Waals surface area contributed by atoms with Crippen molar-refractivity contribution in [2.75, 3.05) is 18.4 Å². The summed E-state index contributed by atoms with van der Waals surface area (Å²) in [6.07, 6.45) is 2.15. The Bertz CT molecular complexity index is 1340. The number of aliphatic hydroxyl groups is 1. The van der Waals surface area contributed by atoms with Gasteiger partial charge in [-0.1, -0.05) is 20.3 Å². The molecule has 2 saturated carbocycles. The van der Waals surface area contributed by atoms with Crippen LogP contribution in [0.3, 0.4) is 0 Å². The van der Waals surface area contributed by atoms with Gasteiger partial charge in [0.1, 0.15) is 0 Å². The fourth-order valence-electron chi connectivity index (χ4n) is 6.65. The van der Waals surface area contributed by atoms with E-state index in [0.717, 1.165) is 32.1 Å². The van der Waals surface area contributed by atoms with Crippen LogP contribution in [0.5, 0.6) is 0 Å². The molecule has 2 heterocycles. The highest BCUT2D eigenvalue weighted by molar-refractivity contribution is 7.92. The second-order valence-corrected chi connectivity index (χ2v) is 15.2. The van der Waals surface area contributed by atoms with E-state index >= 15 is 0 Å². The van der Waals surface area contributed by atoms with E-state index in [2.05, 4.69) is 47.9 Å². The molecule has 240 valence electrons. The Morgan fingerprint density at radius 2 is 1.70 bits per heavy atom. The number of benzene rings is 1. The first-order valence-corrected chi connectivity index (χ1v) is 17.2. The lowest BCUT2D eigenvalue weighted by Crippen LogP contribution is -2.52. The van der Waals surface area contributed by atoms with Crippen molar-refractivity contribution in [1.82, 2.24) is 14.9 Å². The number of halogens is 3. The smallest absolute Gasteiger partial charge is 0.393 e. The number of likely N-dealkylation sites (tertiary alicyclic amines) is 1. The number of aliphatic hydroxyl groups excluding tert-OH is 1. The monoisotopic (exact) mass is 624 g/mol. The van der Waals surface area contributed by atoms with E-state index in [9.17, 15) is 26.7 Å². The number of aryl methyl sites for hydroxylation is 1. The van der Waals surface area contributed by atoms with Crippen molar-refractivity contribution in [2.24, 2.45) is 5.41 Å². The van der Waals surface area contributed by atoms with Gasteiger partial charge in [-0.25, -0.2) is 18.4 Å². The summed E-state index contributed by atoms with van der Waals surface area (Å²) in [5.41, 5.74) is 0.395. The molecule has 1 aromatic carbocycles. The van der Waals surface area contributed by atoms with Gasteiger partial charge in [-0.15, -0.1) is 0 Å². The third-order valence-corrected chi connectivity index (χ3v) is 11.5. The normalized spacial score (nSPS) is 23.0. The van der Waals surface area contributed by atoms with E-state index in [1.54, 1.807) is 25.1 Å². The van der Waals surface area contributed by atoms with Crippen LogP contribution in [0.15, 0.2) is 29.3 Å². The largest absolute Gasteiger partial charge is 0.419 e. The molecule has 1 aromatic heterocycles. The molecule has 5 rings (SSSR count). The lowest BCUT2D eigenvalue weighted by molar-refractivity contribution is -0.139. The third kappa shape index (κ3) is 7.71. The molecular weight excluding hydrogens is 577 g/mol. The molecule has 7 nitrogen and oxygen atoms in total. The van der Waals surface area contributed by atoms with Gasteiger partial charge >= 0.3 is 6.18 Å². The van der Waals surface area contributed by atoms with Gasteiger partial charge in [0.2, 0.25) is 5.95 Å². The maximum Gasteiger partial charge on any atom is 0.419 e. The van der Waals surface area contributed by atoms with E-state index < -0.39 is 33.6 Å². The van der Waals surface area contributed by atoms with Crippen LogP contribution in [0.2, 0.25) is 0 Å². The zero-order valence-corrected chi connectivity index (χ0v) is 26.9. The van der Waals surface area contributed by atoms with Crippen molar-refractivity contribution >= 4 is 21.5 Å². The number of nitrogens with zero attached hydrogens (tertiary/aromatic N) is 3. The number of hydrogen-bond acceptors (Lipinski definition) is 7. The van der Waals surface area contributed by atoms with Crippen LogP contribution in [0, 0.1) is 12.3 Å². The molecule has 0 unspecified atom stereocenters. The summed E-state index contributed by atoms with van der Waals surface area (Å²) < 4.78 is 68.0. The average molecular weight is 625 g/mol. The number of aromatic nitrogens is 2. The Kier molecular flexibility index (Phi) is 10.5. The second-order valence-electron chi connectivity index (χ2n) is 13.0. The zero-order chi connectivity index (χ0) is 31.6. The average Bonchev–Trinajstić information content (AvgIpc) is 2.93. The van der Waals surface area contributed by atoms with Gasteiger partial charge in [-0.2, -0.15) is 13.2 Å². The maximum atomic E-state index is 13.7. The molecular formula is C32H47F3N4O3S. The molecule has 0 bridgehead atoms. The molecule has 1 aliphatic heterocycles. The van der Waals surface area contributed by atoms with Crippen LogP contribution in [-0.4, -0.2) is 58.9 Å². The standard InChI is InChI=1S/C29H39F3N4O3S.C3H8/c1-18(2)36-12-10-28(11-13-36)15-23(16-28)40(38,39)22-8-9-25(19(3)14-22)34-27-33-17-24(29(30,31)32)26(35-27)20-4-6-21(37)7-5-20;1-3-2/h8-9,14,17-18,20-21,23,37H,4-7,10-13,15-16H2,1-3H3,(H,33,34,35);3H2,1-2H3. The van der Waals surface area contributed by atoms with Gasteiger partial charge in [0, 0.05) is 23.8 Å². The number of sulfone groups is 1. The van der Waals surface area contributed by atoms with Crippen molar-refractivity contribution in [1.29, 1.82) is 0 Å². The summed E-state index contributed by atoms with van der Waals surface area (Å²) in [5.74, 6) is -0.387. The molecule has 1 saturated heterocycles. The van der Waals surface area contributed by atoms with E-state index in [1.165, 1.54) is 6.42 Å². The van der Waals surface area contributed by atoms with Crippen molar-refractivity contribution in [3.63, 3.8) is 0 Å². The minimum atomic E-state index is -4.58. The molecule has 2 aromatic rings.